The van der Waals surface area contributed by atoms with Gasteiger partial charge in [0.1, 0.15) is 0 Å². The molecule has 7 heteroatoms. The average Bonchev–Trinajstić information content (AvgIpc) is 4.26. The van der Waals surface area contributed by atoms with Gasteiger partial charge in [0.05, 0.1) is 44.1 Å². The smallest absolute Gasteiger partial charge is 0.238 e. The van der Waals surface area contributed by atoms with E-state index < -0.39 is 0 Å². The Kier molecular flexibility index (Phi) is 9.20. The van der Waals surface area contributed by atoms with Crippen LogP contribution in [0.4, 0.5) is 0 Å². The minimum Gasteiger partial charge on any atom is -0.309 e. The molecule has 5 heterocycles. The average molecular weight is 970 g/mol. The Morgan fingerprint density at radius 2 is 0.645 bits per heavy atom. The fourth-order valence-corrected chi connectivity index (χ4v) is 12.1. The van der Waals surface area contributed by atoms with Crippen LogP contribution in [0.25, 0.3) is 144 Å². The molecule has 0 radical (unpaired) electrons. The highest BCUT2D eigenvalue weighted by Crippen LogP contribution is 2.44. The largest absolute Gasteiger partial charge is 0.309 e. The number of nitrogens with zero attached hydrogens (tertiary/aromatic N) is 7. The molecule has 0 aliphatic carbocycles. The molecule has 0 amide bonds. The van der Waals surface area contributed by atoms with Crippen LogP contribution < -0.4 is 0 Å². The van der Waals surface area contributed by atoms with Crippen LogP contribution in [0.1, 0.15) is 0 Å². The summed E-state index contributed by atoms with van der Waals surface area (Å²) < 4.78 is 9.50. The fourth-order valence-electron chi connectivity index (χ4n) is 12.1. The predicted octanol–water partition coefficient (Wildman–Crippen LogP) is 17.3. The summed E-state index contributed by atoms with van der Waals surface area (Å²) in [6.07, 6.45) is 0. The fraction of sp³-hybridized carbons (Fsp3) is 0. The lowest BCUT2D eigenvalue weighted by Crippen LogP contribution is -2.08. The Morgan fingerprint density at radius 3 is 1.29 bits per heavy atom. The molecule has 16 aromatic rings. The standard InChI is InChI=1S/C69H43N7/c1-4-19-44(20-5-1)45-35-37-48(38-36-45)75-63-42-39-49(73-59-31-14-10-25-50(59)51-26-11-15-32-60(51)73)43-58(63)56-41-40-55-53-28-13-17-34-62(53)76(66(55)65(56)75)69-71-67(46-21-6-2-7-22-46)70-68(72-69)57-30-18-29-54-52-27-12-16-33-61(52)74(64(54)57)47-23-8-3-9-24-47/h1-43H. The predicted molar refractivity (Wildman–Crippen MR) is 313 cm³/mol. The zero-order chi connectivity index (χ0) is 49.8. The van der Waals surface area contributed by atoms with Crippen molar-refractivity contribution in [3.8, 4) is 56.9 Å². The third-order valence-corrected chi connectivity index (χ3v) is 15.4. The number of benzene rings is 11. The van der Waals surface area contributed by atoms with E-state index in [-0.39, 0.29) is 0 Å². The third-order valence-electron chi connectivity index (χ3n) is 15.4. The molecule has 16 rings (SSSR count). The van der Waals surface area contributed by atoms with Gasteiger partial charge in [0.15, 0.2) is 11.6 Å². The second kappa shape index (κ2) is 16.6. The van der Waals surface area contributed by atoms with Crippen LogP contribution in [0, 0.1) is 0 Å². The van der Waals surface area contributed by atoms with Gasteiger partial charge in [-0.05, 0) is 83.9 Å². The molecule has 0 saturated heterocycles. The van der Waals surface area contributed by atoms with Gasteiger partial charge in [-0.25, -0.2) is 4.98 Å². The molecule has 0 aliphatic heterocycles. The first-order chi connectivity index (χ1) is 37.7. The van der Waals surface area contributed by atoms with Crippen molar-refractivity contribution in [3.63, 3.8) is 0 Å². The second-order valence-electron chi connectivity index (χ2n) is 19.6. The number of aromatic nitrogens is 7. The van der Waals surface area contributed by atoms with Gasteiger partial charge in [-0.3, -0.25) is 4.57 Å². The van der Waals surface area contributed by atoms with Crippen LogP contribution >= 0.6 is 0 Å². The van der Waals surface area contributed by atoms with Crippen LogP contribution in [0.2, 0.25) is 0 Å². The van der Waals surface area contributed by atoms with Crippen molar-refractivity contribution in [2.24, 2.45) is 0 Å². The summed E-state index contributed by atoms with van der Waals surface area (Å²) in [5.41, 5.74) is 16.0. The summed E-state index contributed by atoms with van der Waals surface area (Å²) >= 11 is 0. The van der Waals surface area contributed by atoms with Crippen molar-refractivity contribution < 1.29 is 0 Å². The Hall–Kier alpha value is -10.4. The Morgan fingerprint density at radius 1 is 0.224 bits per heavy atom. The minimum atomic E-state index is 0.532. The van der Waals surface area contributed by atoms with E-state index in [2.05, 4.69) is 261 Å². The summed E-state index contributed by atoms with van der Waals surface area (Å²) in [5.74, 6) is 1.70. The van der Waals surface area contributed by atoms with Crippen LogP contribution in [-0.2, 0) is 0 Å². The summed E-state index contributed by atoms with van der Waals surface area (Å²) in [4.78, 5) is 16.6. The third kappa shape index (κ3) is 6.26. The zero-order valence-electron chi connectivity index (χ0n) is 41.0. The molecule has 0 saturated carbocycles. The first-order valence-electron chi connectivity index (χ1n) is 25.8. The van der Waals surface area contributed by atoms with Crippen LogP contribution in [0.15, 0.2) is 261 Å². The zero-order valence-corrected chi connectivity index (χ0v) is 41.0. The number of fused-ring (bicyclic) bond motifs is 13. The molecular weight excluding hydrogens is 927 g/mol. The SMILES string of the molecule is c1ccc(-c2ccc(-n3c4ccc(-n5c6ccccc6c6ccccc65)cc4c4ccc5c6ccccc6n(-c6nc(-c7ccccc7)nc(-c7cccc8c9ccccc9n(-c9ccccc9)c78)n6)c5c43)cc2)cc1. The Bertz CT molecular complexity index is 4910. The topological polar surface area (TPSA) is 58.4 Å². The summed E-state index contributed by atoms with van der Waals surface area (Å²) in [5, 5.41) is 9.22. The maximum absolute atomic E-state index is 5.66. The van der Waals surface area contributed by atoms with Crippen molar-refractivity contribution in [3.05, 3.63) is 261 Å². The summed E-state index contributed by atoms with van der Waals surface area (Å²) in [6.45, 7) is 0. The minimum absolute atomic E-state index is 0.532. The normalized spacial score (nSPS) is 11.9. The van der Waals surface area contributed by atoms with Gasteiger partial charge in [-0.2, -0.15) is 9.97 Å². The maximum Gasteiger partial charge on any atom is 0.238 e. The van der Waals surface area contributed by atoms with Gasteiger partial charge in [0, 0.05) is 71.3 Å². The van der Waals surface area contributed by atoms with E-state index >= 15 is 0 Å². The van der Waals surface area contributed by atoms with E-state index in [1.54, 1.807) is 0 Å². The highest BCUT2D eigenvalue weighted by Gasteiger charge is 2.26. The first-order valence-corrected chi connectivity index (χ1v) is 25.8. The monoisotopic (exact) mass is 969 g/mol. The molecule has 7 nitrogen and oxygen atoms in total. The summed E-state index contributed by atoms with van der Waals surface area (Å²) in [7, 11) is 0. The van der Waals surface area contributed by atoms with Gasteiger partial charge >= 0.3 is 0 Å². The number of rotatable bonds is 7. The Labute approximate surface area is 436 Å². The van der Waals surface area contributed by atoms with E-state index in [1.807, 2.05) is 18.2 Å². The molecule has 0 unspecified atom stereocenters. The van der Waals surface area contributed by atoms with E-state index in [1.165, 1.54) is 27.4 Å². The van der Waals surface area contributed by atoms with E-state index in [4.69, 9.17) is 15.0 Å². The highest BCUT2D eigenvalue weighted by atomic mass is 15.2. The van der Waals surface area contributed by atoms with Gasteiger partial charge < -0.3 is 13.7 Å². The van der Waals surface area contributed by atoms with Gasteiger partial charge in [0.25, 0.3) is 0 Å². The van der Waals surface area contributed by atoms with Crippen molar-refractivity contribution in [2.75, 3.05) is 0 Å². The lowest BCUT2D eigenvalue weighted by molar-refractivity contribution is 0.953. The second-order valence-corrected chi connectivity index (χ2v) is 19.6. The van der Waals surface area contributed by atoms with E-state index in [9.17, 15) is 0 Å². The number of hydrogen-bond donors (Lipinski definition) is 0. The molecule has 0 atom stereocenters. The molecule has 0 N–H and O–H groups in total. The van der Waals surface area contributed by atoms with E-state index in [0.717, 1.165) is 99.2 Å². The maximum atomic E-state index is 5.66. The quantitative estimate of drug-likeness (QED) is 0.160. The molecular formula is C69H43N7. The van der Waals surface area contributed by atoms with Crippen molar-refractivity contribution in [2.45, 2.75) is 0 Å². The van der Waals surface area contributed by atoms with Crippen LogP contribution in [0.5, 0.6) is 0 Å². The molecule has 0 aliphatic rings. The van der Waals surface area contributed by atoms with Gasteiger partial charge in [-0.1, -0.05) is 188 Å². The van der Waals surface area contributed by atoms with Crippen molar-refractivity contribution >= 4 is 87.2 Å². The number of hydrogen-bond acceptors (Lipinski definition) is 3. The first kappa shape index (κ1) is 42.2. The molecule has 354 valence electrons. The van der Waals surface area contributed by atoms with Crippen LogP contribution in [0.3, 0.4) is 0 Å². The highest BCUT2D eigenvalue weighted by molar-refractivity contribution is 6.24. The molecule has 11 aromatic carbocycles. The van der Waals surface area contributed by atoms with E-state index in [0.29, 0.717) is 17.6 Å². The molecule has 0 spiro atoms. The van der Waals surface area contributed by atoms with Crippen molar-refractivity contribution in [1.29, 1.82) is 0 Å². The Balaban J connectivity index is 1.02. The lowest BCUT2D eigenvalue weighted by atomic mass is 10.1. The number of para-hydroxylation sites is 6. The molecule has 76 heavy (non-hydrogen) atoms. The molecule has 5 aromatic heterocycles. The lowest BCUT2D eigenvalue weighted by Gasteiger charge is -2.15. The molecule has 0 fully saturated rings. The van der Waals surface area contributed by atoms with Crippen molar-refractivity contribution in [1.82, 2.24) is 33.2 Å². The van der Waals surface area contributed by atoms with Gasteiger partial charge in [-0.15, -0.1) is 0 Å². The molecule has 0 bridgehead atoms. The summed E-state index contributed by atoms with van der Waals surface area (Å²) in [6, 6.07) is 93.3. The van der Waals surface area contributed by atoms with Crippen LogP contribution in [-0.4, -0.2) is 33.2 Å². The van der Waals surface area contributed by atoms with Gasteiger partial charge in [0.2, 0.25) is 5.95 Å².